The molecule has 0 bridgehead atoms. The molecule has 0 saturated carbocycles. The Morgan fingerprint density at radius 2 is 1.95 bits per heavy atom. The van der Waals surface area contributed by atoms with Crippen LogP contribution in [-0.4, -0.2) is 26.0 Å². The fourth-order valence-corrected chi connectivity index (χ4v) is 3.90. The van der Waals surface area contributed by atoms with Crippen molar-refractivity contribution in [1.82, 2.24) is 5.32 Å². The summed E-state index contributed by atoms with van der Waals surface area (Å²) in [5.41, 5.74) is 0.788. The molecule has 1 aromatic carbocycles. The van der Waals surface area contributed by atoms with Crippen LogP contribution in [0.5, 0.6) is 0 Å². The molecule has 0 amide bonds. The van der Waals surface area contributed by atoms with Crippen molar-refractivity contribution in [2.24, 2.45) is 0 Å². The van der Waals surface area contributed by atoms with Crippen LogP contribution in [0.3, 0.4) is 0 Å². The summed E-state index contributed by atoms with van der Waals surface area (Å²) in [4.78, 5) is 0. The number of rotatable bonds is 7. The van der Waals surface area contributed by atoms with Gasteiger partial charge in [-0.2, -0.15) is 0 Å². The van der Waals surface area contributed by atoms with Crippen molar-refractivity contribution < 1.29 is 12.8 Å². The Morgan fingerprint density at radius 1 is 1.24 bits per heavy atom. The van der Waals surface area contributed by atoms with Crippen molar-refractivity contribution in [2.75, 3.05) is 12.3 Å². The Morgan fingerprint density at radius 3 is 2.57 bits per heavy atom. The van der Waals surface area contributed by atoms with Crippen LogP contribution in [0.2, 0.25) is 0 Å². The molecule has 1 N–H and O–H groups in total. The molecule has 0 spiro atoms. The zero-order valence-corrected chi connectivity index (χ0v) is 13.6. The smallest absolute Gasteiger partial charge is 0.154 e. The number of sulfone groups is 1. The molecule has 5 heteroatoms. The predicted molar refractivity (Wildman–Crippen MR) is 86.2 cm³/mol. The Bertz CT molecular complexity index is 657. The second-order valence-corrected chi connectivity index (χ2v) is 7.81. The van der Waals surface area contributed by atoms with Crippen molar-refractivity contribution in [3.05, 3.63) is 36.1 Å². The highest BCUT2D eigenvalue weighted by Gasteiger charge is 2.26. The molecule has 0 aliphatic carbocycles. The van der Waals surface area contributed by atoms with Crippen LogP contribution in [-0.2, 0) is 9.84 Å². The first-order valence-electron chi connectivity index (χ1n) is 7.41. The van der Waals surface area contributed by atoms with Gasteiger partial charge >= 0.3 is 0 Å². The van der Waals surface area contributed by atoms with E-state index >= 15 is 0 Å². The topological polar surface area (TPSA) is 59.3 Å². The van der Waals surface area contributed by atoms with E-state index in [0.717, 1.165) is 11.0 Å². The molecular formula is C16H23NO3S. The summed E-state index contributed by atoms with van der Waals surface area (Å²) < 4.78 is 30.5. The van der Waals surface area contributed by atoms with Crippen LogP contribution in [0.1, 0.15) is 39.0 Å². The van der Waals surface area contributed by atoms with E-state index in [1.54, 1.807) is 6.92 Å². The van der Waals surface area contributed by atoms with Gasteiger partial charge < -0.3 is 9.73 Å². The Balaban J connectivity index is 2.30. The Kier molecular flexibility index (Phi) is 5.06. The minimum Gasteiger partial charge on any atom is -0.459 e. The van der Waals surface area contributed by atoms with Gasteiger partial charge in [-0.25, -0.2) is 8.42 Å². The zero-order valence-electron chi connectivity index (χ0n) is 12.8. The number of fused-ring (bicyclic) bond motifs is 1. The summed E-state index contributed by atoms with van der Waals surface area (Å²) in [6.45, 7) is 6.31. The summed E-state index contributed by atoms with van der Waals surface area (Å²) in [5.74, 6) is 0.750. The maximum Gasteiger partial charge on any atom is 0.154 e. The van der Waals surface area contributed by atoms with Crippen molar-refractivity contribution in [2.45, 2.75) is 38.5 Å². The lowest BCUT2D eigenvalue weighted by Gasteiger charge is -2.18. The zero-order chi connectivity index (χ0) is 15.5. The molecule has 21 heavy (non-hydrogen) atoms. The van der Waals surface area contributed by atoms with Gasteiger partial charge in [-0.05, 0) is 32.0 Å². The molecule has 4 nitrogen and oxygen atoms in total. The number of para-hydroxylation sites is 1. The molecule has 0 radical (unpaired) electrons. The van der Waals surface area contributed by atoms with E-state index in [9.17, 15) is 8.42 Å². The fourth-order valence-electron chi connectivity index (χ4n) is 2.31. The van der Waals surface area contributed by atoms with Crippen LogP contribution in [0.4, 0.5) is 0 Å². The SMILES string of the molecule is CCNC(CS(=O)(=O)C(C)CC)c1cc2ccccc2o1. The number of hydrogen-bond acceptors (Lipinski definition) is 4. The first-order valence-corrected chi connectivity index (χ1v) is 9.13. The number of benzene rings is 1. The van der Waals surface area contributed by atoms with Gasteiger partial charge in [0.1, 0.15) is 11.3 Å². The first kappa shape index (κ1) is 16.0. The van der Waals surface area contributed by atoms with Crippen molar-refractivity contribution in [3.8, 4) is 0 Å². The van der Waals surface area contributed by atoms with Gasteiger partial charge in [0, 0.05) is 5.39 Å². The van der Waals surface area contributed by atoms with E-state index < -0.39 is 9.84 Å². The van der Waals surface area contributed by atoms with Crippen molar-refractivity contribution >= 4 is 20.8 Å². The van der Waals surface area contributed by atoms with Gasteiger partial charge in [-0.3, -0.25) is 0 Å². The second kappa shape index (κ2) is 6.62. The number of nitrogens with one attached hydrogen (secondary N) is 1. The van der Waals surface area contributed by atoms with Gasteiger partial charge in [-0.15, -0.1) is 0 Å². The predicted octanol–water partition coefficient (Wildman–Crippen LogP) is 3.30. The van der Waals surface area contributed by atoms with E-state index in [-0.39, 0.29) is 17.0 Å². The number of hydrogen-bond donors (Lipinski definition) is 1. The maximum atomic E-state index is 12.4. The highest BCUT2D eigenvalue weighted by atomic mass is 32.2. The third-order valence-corrected chi connectivity index (χ3v) is 6.18. The normalized spacial score (nSPS) is 15.2. The molecule has 0 fully saturated rings. The molecule has 116 valence electrons. The number of furan rings is 1. The minimum absolute atomic E-state index is 0.0651. The van der Waals surface area contributed by atoms with Gasteiger partial charge in [-0.1, -0.05) is 32.0 Å². The van der Waals surface area contributed by atoms with Crippen LogP contribution >= 0.6 is 0 Å². The van der Waals surface area contributed by atoms with Gasteiger partial charge in [0.2, 0.25) is 0 Å². The third-order valence-electron chi connectivity index (χ3n) is 3.83. The highest BCUT2D eigenvalue weighted by Crippen LogP contribution is 2.25. The van der Waals surface area contributed by atoms with Gasteiger partial charge in [0.25, 0.3) is 0 Å². The summed E-state index contributed by atoms with van der Waals surface area (Å²) >= 11 is 0. The molecule has 1 heterocycles. The summed E-state index contributed by atoms with van der Waals surface area (Å²) in [5, 5.41) is 3.89. The molecule has 0 saturated heterocycles. The van der Waals surface area contributed by atoms with Gasteiger partial charge in [0.05, 0.1) is 17.0 Å². The highest BCUT2D eigenvalue weighted by molar-refractivity contribution is 7.92. The Labute approximate surface area is 126 Å². The first-order chi connectivity index (χ1) is 9.97. The van der Waals surface area contributed by atoms with Crippen LogP contribution in [0.25, 0.3) is 11.0 Å². The largest absolute Gasteiger partial charge is 0.459 e. The molecule has 0 aliphatic rings. The fraction of sp³-hybridized carbons (Fsp3) is 0.500. The third kappa shape index (κ3) is 3.66. The van der Waals surface area contributed by atoms with E-state index in [1.807, 2.05) is 44.2 Å². The summed E-state index contributed by atoms with van der Waals surface area (Å²) in [6, 6.07) is 9.34. The quantitative estimate of drug-likeness (QED) is 0.852. The van der Waals surface area contributed by atoms with E-state index in [2.05, 4.69) is 5.32 Å². The monoisotopic (exact) mass is 309 g/mol. The van der Waals surface area contributed by atoms with Crippen LogP contribution in [0, 0.1) is 0 Å². The summed E-state index contributed by atoms with van der Waals surface area (Å²) in [6.07, 6.45) is 0.626. The summed E-state index contributed by atoms with van der Waals surface area (Å²) in [7, 11) is -3.14. The molecule has 2 aromatic rings. The van der Waals surface area contributed by atoms with E-state index in [1.165, 1.54) is 0 Å². The molecule has 2 unspecified atom stereocenters. The van der Waals surface area contributed by atoms with Crippen molar-refractivity contribution in [3.63, 3.8) is 0 Å². The second-order valence-electron chi connectivity index (χ2n) is 5.35. The van der Waals surface area contributed by atoms with Crippen molar-refractivity contribution in [1.29, 1.82) is 0 Å². The van der Waals surface area contributed by atoms with E-state index in [4.69, 9.17) is 4.42 Å². The molecule has 2 rings (SSSR count). The molecule has 1 aromatic heterocycles. The lowest BCUT2D eigenvalue weighted by atomic mass is 10.2. The van der Waals surface area contributed by atoms with Crippen LogP contribution < -0.4 is 5.32 Å². The maximum absolute atomic E-state index is 12.4. The van der Waals surface area contributed by atoms with Gasteiger partial charge in [0.15, 0.2) is 9.84 Å². The molecular weight excluding hydrogens is 286 g/mol. The Hall–Kier alpha value is -1.33. The molecule has 2 atom stereocenters. The van der Waals surface area contributed by atoms with Crippen LogP contribution in [0.15, 0.2) is 34.7 Å². The average Bonchev–Trinajstić information content (AvgIpc) is 2.89. The van der Waals surface area contributed by atoms with E-state index in [0.29, 0.717) is 18.7 Å². The minimum atomic E-state index is -3.14. The lowest BCUT2D eigenvalue weighted by Crippen LogP contribution is -2.31. The molecule has 0 aliphatic heterocycles. The lowest BCUT2D eigenvalue weighted by molar-refractivity contribution is 0.455. The standard InChI is InChI=1S/C16H23NO3S/c1-4-12(3)21(18,19)11-14(17-5-2)16-10-13-8-6-7-9-15(13)20-16/h6-10,12,14,17H,4-5,11H2,1-3H3. The average molecular weight is 309 g/mol.